The summed E-state index contributed by atoms with van der Waals surface area (Å²) in [5.74, 6) is -2.73. The van der Waals surface area contributed by atoms with Crippen LogP contribution >= 0.6 is 0 Å². The van der Waals surface area contributed by atoms with Crippen molar-refractivity contribution in [3.05, 3.63) is 69.8 Å². The monoisotopic (exact) mass is 431 g/mol. The molecule has 1 amide bonds. The maximum Gasteiger partial charge on any atom is 0.416 e. The molecule has 0 aliphatic heterocycles. The van der Waals surface area contributed by atoms with Crippen LogP contribution in [-0.2, 0) is 27.1 Å². The third-order valence-electron chi connectivity index (χ3n) is 5.71. The van der Waals surface area contributed by atoms with Gasteiger partial charge in [0.25, 0.3) is 0 Å². The fourth-order valence-corrected chi connectivity index (χ4v) is 4.42. The van der Waals surface area contributed by atoms with Crippen LogP contribution in [0.3, 0.4) is 0 Å². The fourth-order valence-electron chi connectivity index (χ4n) is 4.42. The lowest BCUT2D eigenvalue weighted by molar-refractivity contribution is -0.138. The minimum Gasteiger partial charge on any atom is -0.352 e. The molecule has 7 heteroatoms. The van der Waals surface area contributed by atoms with Gasteiger partial charge < -0.3 is 5.32 Å². The molecule has 4 nitrogen and oxygen atoms in total. The van der Waals surface area contributed by atoms with Gasteiger partial charge >= 0.3 is 6.18 Å². The zero-order valence-electron chi connectivity index (χ0n) is 17.6. The lowest BCUT2D eigenvalue weighted by Gasteiger charge is -2.16. The zero-order valence-corrected chi connectivity index (χ0v) is 17.6. The number of benzene rings is 2. The van der Waals surface area contributed by atoms with Crippen LogP contribution in [0.4, 0.5) is 13.2 Å². The van der Waals surface area contributed by atoms with Gasteiger partial charge in [0.1, 0.15) is 11.7 Å². The van der Waals surface area contributed by atoms with E-state index >= 15 is 0 Å². The Balaban J connectivity index is 1.69. The fraction of sp³-hybridized carbons (Fsp3) is 0.375. The lowest BCUT2D eigenvalue weighted by atomic mass is 9.86. The summed E-state index contributed by atoms with van der Waals surface area (Å²) >= 11 is 0. The summed E-state index contributed by atoms with van der Waals surface area (Å²) in [6.07, 6.45) is -4.78. The molecule has 1 aliphatic carbocycles. The van der Waals surface area contributed by atoms with Gasteiger partial charge in [-0.15, -0.1) is 0 Å². The van der Waals surface area contributed by atoms with Crippen LogP contribution in [-0.4, -0.2) is 17.5 Å². The molecule has 31 heavy (non-hydrogen) atoms. The molecule has 1 fully saturated rings. The van der Waals surface area contributed by atoms with Crippen LogP contribution in [0.2, 0.25) is 0 Å². The quantitative estimate of drug-likeness (QED) is 0.705. The van der Waals surface area contributed by atoms with Gasteiger partial charge in [-0.05, 0) is 49.1 Å². The maximum atomic E-state index is 13.1. The molecular weight excluding hydrogens is 407 g/mol. The highest BCUT2D eigenvalue weighted by molar-refractivity contribution is 6.15. The highest BCUT2D eigenvalue weighted by Crippen LogP contribution is 2.37. The van der Waals surface area contributed by atoms with Gasteiger partial charge in [0, 0.05) is 25.3 Å². The number of carbonyl (C=O) groups excluding carboxylic acids is 3. The Morgan fingerprint density at radius 3 is 2.29 bits per heavy atom. The third-order valence-corrected chi connectivity index (χ3v) is 5.71. The van der Waals surface area contributed by atoms with Crippen molar-refractivity contribution in [1.82, 2.24) is 5.32 Å². The average Bonchev–Trinajstić information content (AvgIpc) is 2.93. The predicted octanol–water partition coefficient (Wildman–Crippen LogP) is 4.58. The van der Waals surface area contributed by atoms with Gasteiger partial charge in [-0.3, -0.25) is 14.4 Å². The summed E-state index contributed by atoms with van der Waals surface area (Å²) < 4.78 is 39.3. The first-order valence-electron chi connectivity index (χ1n) is 10.0. The molecular formula is C24H24F3NO3. The Bertz CT molecular complexity index is 1020. The lowest BCUT2D eigenvalue weighted by Crippen LogP contribution is -2.28. The first-order valence-corrected chi connectivity index (χ1v) is 10.0. The summed E-state index contributed by atoms with van der Waals surface area (Å²) in [6, 6.07) is 8.84. The maximum absolute atomic E-state index is 13.1. The van der Waals surface area contributed by atoms with Crippen molar-refractivity contribution in [3.63, 3.8) is 0 Å². The first-order chi connectivity index (χ1) is 14.5. The van der Waals surface area contributed by atoms with Crippen LogP contribution in [0.25, 0.3) is 0 Å². The molecule has 0 spiro atoms. The second kappa shape index (κ2) is 8.65. The second-order valence-electron chi connectivity index (χ2n) is 8.15. The minimum atomic E-state index is -4.52. The molecule has 2 aromatic carbocycles. The van der Waals surface area contributed by atoms with Crippen molar-refractivity contribution in [3.8, 4) is 0 Å². The van der Waals surface area contributed by atoms with Gasteiger partial charge in [-0.1, -0.05) is 35.9 Å². The van der Waals surface area contributed by atoms with E-state index in [1.54, 1.807) is 0 Å². The molecule has 2 atom stereocenters. The summed E-state index contributed by atoms with van der Waals surface area (Å²) in [7, 11) is 0. The number of alkyl halides is 3. The van der Waals surface area contributed by atoms with E-state index in [4.69, 9.17) is 0 Å². The van der Waals surface area contributed by atoms with Crippen molar-refractivity contribution < 1.29 is 27.6 Å². The first kappa shape index (κ1) is 22.7. The van der Waals surface area contributed by atoms with Crippen LogP contribution in [0.15, 0.2) is 36.4 Å². The summed E-state index contributed by atoms with van der Waals surface area (Å²) in [6.45, 7) is 5.34. The number of amides is 1. The van der Waals surface area contributed by atoms with E-state index in [-0.39, 0.29) is 36.5 Å². The summed E-state index contributed by atoms with van der Waals surface area (Å²) in [5, 5.41) is 2.46. The predicted molar refractivity (Wildman–Crippen MR) is 109 cm³/mol. The van der Waals surface area contributed by atoms with Crippen molar-refractivity contribution >= 4 is 17.5 Å². The number of Topliss-reactive ketones (excluding diaryl/α,β-unsaturated/α-hetero) is 2. The number of halogens is 3. The summed E-state index contributed by atoms with van der Waals surface area (Å²) in [5.41, 5.74) is 2.58. The molecule has 0 aromatic heterocycles. The normalized spacial score (nSPS) is 19.0. The Hall–Kier alpha value is -2.96. The molecule has 0 bridgehead atoms. The topological polar surface area (TPSA) is 63.2 Å². The molecule has 2 aromatic rings. The van der Waals surface area contributed by atoms with E-state index < -0.39 is 29.5 Å². The highest BCUT2D eigenvalue weighted by Gasteiger charge is 2.43. The smallest absolute Gasteiger partial charge is 0.352 e. The number of rotatable bonds is 5. The van der Waals surface area contributed by atoms with E-state index in [1.165, 1.54) is 18.2 Å². The standard InChI is InChI=1S/C24H24F3NO3/c1-13-8-14(2)21(15(3)9-13)22-19(29)10-17(23(22)31)11-20(30)28-12-16-6-4-5-7-18(16)24(25,26)27/h4-9,17,22H,10-12H2,1-3H3,(H,28,30). The van der Waals surface area contributed by atoms with Gasteiger partial charge in [-0.2, -0.15) is 13.2 Å². The Morgan fingerprint density at radius 2 is 1.68 bits per heavy atom. The zero-order chi connectivity index (χ0) is 22.9. The SMILES string of the molecule is Cc1cc(C)c(C2C(=O)CC(CC(=O)NCc3ccccc3C(F)(F)F)C2=O)c(C)c1. The van der Waals surface area contributed by atoms with E-state index in [9.17, 15) is 27.6 Å². The largest absolute Gasteiger partial charge is 0.416 e. The van der Waals surface area contributed by atoms with Gasteiger partial charge in [0.2, 0.25) is 5.91 Å². The molecule has 164 valence electrons. The number of aryl methyl sites for hydroxylation is 3. The Kier molecular flexibility index (Phi) is 6.34. The van der Waals surface area contributed by atoms with E-state index in [2.05, 4.69) is 5.32 Å². The van der Waals surface area contributed by atoms with Gasteiger partial charge in [0.05, 0.1) is 5.56 Å². The van der Waals surface area contributed by atoms with Gasteiger partial charge in [0.15, 0.2) is 5.78 Å². The highest BCUT2D eigenvalue weighted by atomic mass is 19.4. The molecule has 3 rings (SSSR count). The van der Waals surface area contributed by atoms with Crippen LogP contribution < -0.4 is 5.32 Å². The second-order valence-corrected chi connectivity index (χ2v) is 8.15. The molecule has 1 saturated carbocycles. The van der Waals surface area contributed by atoms with Crippen LogP contribution in [0.1, 0.15) is 52.1 Å². The molecule has 0 saturated heterocycles. The molecule has 2 unspecified atom stereocenters. The van der Waals surface area contributed by atoms with Crippen LogP contribution in [0.5, 0.6) is 0 Å². The van der Waals surface area contributed by atoms with Crippen molar-refractivity contribution in [2.24, 2.45) is 5.92 Å². The summed E-state index contributed by atoms with van der Waals surface area (Å²) in [4.78, 5) is 37.9. The molecule has 0 heterocycles. The Morgan fingerprint density at radius 1 is 1.06 bits per heavy atom. The van der Waals surface area contributed by atoms with Gasteiger partial charge in [-0.25, -0.2) is 0 Å². The molecule has 1 aliphatic rings. The van der Waals surface area contributed by atoms with Crippen LogP contribution in [0, 0.1) is 26.7 Å². The van der Waals surface area contributed by atoms with Crippen molar-refractivity contribution in [2.45, 2.75) is 52.3 Å². The van der Waals surface area contributed by atoms with E-state index in [0.717, 1.165) is 22.8 Å². The van der Waals surface area contributed by atoms with E-state index in [1.807, 2.05) is 32.9 Å². The van der Waals surface area contributed by atoms with Crippen molar-refractivity contribution in [1.29, 1.82) is 0 Å². The number of carbonyl (C=O) groups is 3. The average molecular weight is 431 g/mol. The van der Waals surface area contributed by atoms with E-state index in [0.29, 0.717) is 5.56 Å². The minimum absolute atomic E-state index is 0.0389. The number of hydrogen-bond donors (Lipinski definition) is 1. The molecule has 1 N–H and O–H groups in total. The number of nitrogens with one attached hydrogen (secondary N) is 1. The number of hydrogen-bond acceptors (Lipinski definition) is 3. The third kappa shape index (κ3) is 4.86. The van der Waals surface area contributed by atoms with Crippen molar-refractivity contribution in [2.75, 3.05) is 0 Å². The Labute approximate surface area is 178 Å². The molecule has 0 radical (unpaired) electrons. The number of ketones is 2.